The van der Waals surface area contributed by atoms with E-state index in [0.29, 0.717) is 13.1 Å². The first-order valence-corrected chi connectivity index (χ1v) is 11.1. The first kappa shape index (κ1) is 23.5. The average Bonchev–Trinajstić information content (AvgIpc) is 2.77. The molecule has 2 N–H and O–H groups in total. The van der Waals surface area contributed by atoms with Crippen LogP contribution >= 0.6 is 0 Å². The van der Waals surface area contributed by atoms with Crippen LogP contribution in [0.3, 0.4) is 0 Å². The molecular formula is C20H20F3N3O5S. The molecule has 0 aromatic heterocycles. The molecule has 32 heavy (non-hydrogen) atoms. The monoisotopic (exact) mass is 471 g/mol. The Morgan fingerprint density at radius 2 is 1.47 bits per heavy atom. The summed E-state index contributed by atoms with van der Waals surface area (Å²) in [7, 11) is -3.74. The largest absolute Gasteiger partial charge is 0.573 e. The van der Waals surface area contributed by atoms with Gasteiger partial charge in [-0.05, 0) is 55.3 Å². The highest BCUT2D eigenvalue weighted by Gasteiger charge is 2.31. The Morgan fingerprint density at radius 1 is 0.875 bits per heavy atom. The van der Waals surface area contributed by atoms with Gasteiger partial charge in [0.15, 0.2) is 0 Å². The molecule has 12 heteroatoms. The van der Waals surface area contributed by atoms with Crippen LogP contribution in [0.25, 0.3) is 0 Å². The Bertz CT molecular complexity index is 1080. The number of sulfonamides is 1. The van der Waals surface area contributed by atoms with E-state index in [0.717, 1.165) is 43.5 Å². The van der Waals surface area contributed by atoms with Crippen molar-refractivity contribution in [2.75, 3.05) is 13.1 Å². The maximum Gasteiger partial charge on any atom is 0.573 e. The summed E-state index contributed by atoms with van der Waals surface area (Å²) in [6.45, 7) is 0.837. The van der Waals surface area contributed by atoms with Crippen molar-refractivity contribution in [1.82, 2.24) is 15.2 Å². The molecule has 0 saturated carbocycles. The molecule has 8 nitrogen and oxygen atoms in total. The van der Waals surface area contributed by atoms with Crippen LogP contribution in [0.1, 0.15) is 40.0 Å². The molecule has 2 amide bonds. The fourth-order valence-electron chi connectivity index (χ4n) is 3.12. The maximum absolute atomic E-state index is 12.8. The first-order valence-electron chi connectivity index (χ1n) is 9.63. The van der Waals surface area contributed by atoms with Gasteiger partial charge < -0.3 is 4.74 Å². The second-order valence-electron chi connectivity index (χ2n) is 6.97. The quantitative estimate of drug-likeness (QED) is 0.653. The van der Waals surface area contributed by atoms with Crippen LogP contribution in [0.15, 0.2) is 53.4 Å². The van der Waals surface area contributed by atoms with E-state index < -0.39 is 33.9 Å². The number of halogens is 3. The number of benzene rings is 2. The molecule has 0 unspecified atom stereocenters. The third-order valence-corrected chi connectivity index (χ3v) is 6.58. The second kappa shape index (κ2) is 9.57. The number of nitrogens with one attached hydrogen (secondary N) is 2. The molecule has 1 fully saturated rings. The lowest BCUT2D eigenvalue weighted by Crippen LogP contribution is -2.41. The van der Waals surface area contributed by atoms with Crippen molar-refractivity contribution in [2.45, 2.75) is 30.5 Å². The number of hydrogen-bond donors (Lipinski definition) is 2. The lowest BCUT2D eigenvalue weighted by molar-refractivity contribution is -0.274. The number of nitrogens with zero attached hydrogens (tertiary/aromatic N) is 1. The second-order valence-corrected chi connectivity index (χ2v) is 8.91. The SMILES string of the molecule is O=C(NNC(=O)c1cccc(S(=O)(=O)N2CCCCC2)c1)c1ccc(OC(F)(F)F)cc1. The Kier molecular flexibility index (Phi) is 7.04. The summed E-state index contributed by atoms with van der Waals surface area (Å²) in [6.07, 6.45) is -2.34. The Morgan fingerprint density at radius 3 is 2.06 bits per heavy atom. The molecule has 2 aromatic rings. The molecule has 2 aromatic carbocycles. The summed E-state index contributed by atoms with van der Waals surface area (Å²) in [5.41, 5.74) is 4.26. The Labute approximate surface area is 182 Å². The molecule has 1 aliphatic heterocycles. The van der Waals surface area contributed by atoms with E-state index in [1.165, 1.54) is 28.6 Å². The van der Waals surface area contributed by atoms with Crippen molar-refractivity contribution in [1.29, 1.82) is 0 Å². The van der Waals surface area contributed by atoms with Gasteiger partial charge in [0.2, 0.25) is 10.0 Å². The van der Waals surface area contributed by atoms with E-state index >= 15 is 0 Å². The Hall–Kier alpha value is -3.12. The van der Waals surface area contributed by atoms with Crippen LogP contribution in [0.5, 0.6) is 5.75 Å². The maximum atomic E-state index is 12.8. The normalized spacial score (nSPS) is 15.1. The summed E-state index contributed by atoms with van der Waals surface area (Å²) < 4.78 is 67.2. The summed E-state index contributed by atoms with van der Waals surface area (Å²) in [5, 5.41) is 0. The van der Waals surface area contributed by atoms with Gasteiger partial charge in [-0.2, -0.15) is 4.31 Å². The van der Waals surface area contributed by atoms with Gasteiger partial charge in [0.1, 0.15) is 5.75 Å². The summed E-state index contributed by atoms with van der Waals surface area (Å²) in [4.78, 5) is 24.5. The molecule has 1 aliphatic rings. The zero-order valence-electron chi connectivity index (χ0n) is 16.7. The molecule has 0 radical (unpaired) electrons. The van der Waals surface area contributed by atoms with E-state index in [-0.39, 0.29) is 16.0 Å². The van der Waals surface area contributed by atoms with Gasteiger partial charge in [-0.1, -0.05) is 12.5 Å². The fraction of sp³-hybridized carbons (Fsp3) is 0.300. The van der Waals surface area contributed by atoms with Gasteiger partial charge in [0.05, 0.1) is 4.90 Å². The molecule has 0 bridgehead atoms. The third-order valence-electron chi connectivity index (χ3n) is 4.69. The van der Waals surface area contributed by atoms with Gasteiger partial charge in [-0.25, -0.2) is 8.42 Å². The predicted molar refractivity (Wildman–Crippen MR) is 107 cm³/mol. The smallest absolute Gasteiger partial charge is 0.406 e. The first-order chi connectivity index (χ1) is 15.1. The average molecular weight is 471 g/mol. The van der Waals surface area contributed by atoms with Gasteiger partial charge in [0.25, 0.3) is 11.8 Å². The molecule has 1 heterocycles. The van der Waals surface area contributed by atoms with Gasteiger partial charge in [-0.3, -0.25) is 20.4 Å². The zero-order chi connectivity index (χ0) is 23.4. The fourth-order valence-corrected chi connectivity index (χ4v) is 4.68. The molecular weight excluding hydrogens is 451 g/mol. The van der Waals surface area contributed by atoms with Crippen molar-refractivity contribution < 1.29 is 35.9 Å². The zero-order valence-corrected chi connectivity index (χ0v) is 17.5. The van der Waals surface area contributed by atoms with E-state index in [1.54, 1.807) is 0 Å². The van der Waals surface area contributed by atoms with E-state index in [4.69, 9.17) is 0 Å². The summed E-state index contributed by atoms with van der Waals surface area (Å²) in [6, 6.07) is 9.52. The van der Waals surface area contributed by atoms with Crippen LogP contribution in [0.2, 0.25) is 0 Å². The molecule has 0 atom stereocenters. The number of alkyl halides is 3. The number of hydrazine groups is 1. The van der Waals surface area contributed by atoms with Crippen molar-refractivity contribution in [3.8, 4) is 5.75 Å². The van der Waals surface area contributed by atoms with Crippen molar-refractivity contribution in [3.63, 3.8) is 0 Å². The number of carbonyl (C=O) groups excluding carboxylic acids is 2. The van der Waals surface area contributed by atoms with Gasteiger partial charge in [0, 0.05) is 24.2 Å². The molecule has 172 valence electrons. The van der Waals surface area contributed by atoms with Crippen LogP contribution in [0, 0.1) is 0 Å². The topological polar surface area (TPSA) is 105 Å². The third kappa shape index (κ3) is 5.98. The number of carbonyl (C=O) groups is 2. The minimum Gasteiger partial charge on any atom is -0.406 e. The highest BCUT2D eigenvalue weighted by Crippen LogP contribution is 2.23. The van der Waals surface area contributed by atoms with E-state index in [9.17, 15) is 31.2 Å². The van der Waals surface area contributed by atoms with E-state index in [2.05, 4.69) is 15.6 Å². The number of ether oxygens (including phenoxy) is 1. The van der Waals surface area contributed by atoms with Crippen LogP contribution in [-0.2, 0) is 10.0 Å². The van der Waals surface area contributed by atoms with E-state index in [1.807, 2.05) is 0 Å². The van der Waals surface area contributed by atoms with Crippen LogP contribution < -0.4 is 15.6 Å². The highest BCUT2D eigenvalue weighted by atomic mass is 32.2. The number of amides is 2. The van der Waals surface area contributed by atoms with Crippen molar-refractivity contribution >= 4 is 21.8 Å². The molecule has 0 spiro atoms. The van der Waals surface area contributed by atoms with Crippen LogP contribution in [-0.4, -0.2) is 44.0 Å². The Balaban J connectivity index is 1.62. The minimum absolute atomic E-state index is 0.0114. The summed E-state index contributed by atoms with van der Waals surface area (Å²) in [5.74, 6) is -2.04. The number of piperidine rings is 1. The molecule has 3 rings (SSSR count). The summed E-state index contributed by atoms with van der Waals surface area (Å²) >= 11 is 0. The van der Waals surface area contributed by atoms with Crippen molar-refractivity contribution in [3.05, 3.63) is 59.7 Å². The standard InChI is InChI=1S/C20H20F3N3O5S/c21-20(22,23)31-16-9-7-14(8-10-16)18(27)24-25-19(28)15-5-4-6-17(13-15)32(29,30)26-11-2-1-3-12-26/h4-10,13H,1-3,11-12H2,(H,24,27)(H,25,28). The lowest BCUT2D eigenvalue weighted by Gasteiger charge is -2.26. The van der Waals surface area contributed by atoms with Crippen molar-refractivity contribution in [2.24, 2.45) is 0 Å². The molecule has 1 saturated heterocycles. The number of hydrogen-bond acceptors (Lipinski definition) is 5. The minimum atomic E-state index is -4.85. The highest BCUT2D eigenvalue weighted by molar-refractivity contribution is 7.89. The molecule has 0 aliphatic carbocycles. The van der Waals surface area contributed by atoms with Crippen LogP contribution in [0.4, 0.5) is 13.2 Å². The predicted octanol–water partition coefficient (Wildman–Crippen LogP) is 2.83. The van der Waals surface area contributed by atoms with Gasteiger partial charge >= 0.3 is 6.36 Å². The van der Waals surface area contributed by atoms with Gasteiger partial charge in [-0.15, -0.1) is 13.2 Å². The number of rotatable bonds is 5. The lowest BCUT2D eigenvalue weighted by atomic mass is 10.2.